The van der Waals surface area contributed by atoms with Crippen LogP contribution in [0.1, 0.15) is 76.7 Å². The van der Waals surface area contributed by atoms with Gasteiger partial charge in [0.2, 0.25) is 0 Å². The summed E-state index contributed by atoms with van der Waals surface area (Å²) in [4.78, 5) is 20.2. The number of pyridine rings is 1. The van der Waals surface area contributed by atoms with E-state index in [9.17, 15) is 0 Å². The Balaban J connectivity index is 1.12. The van der Waals surface area contributed by atoms with Gasteiger partial charge in [-0.25, -0.2) is 15.0 Å². The molecule has 4 nitrogen and oxygen atoms in total. The maximum atomic E-state index is 5.11. The van der Waals surface area contributed by atoms with Gasteiger partial charge in [0.25, 0.3) is 0 Å². The minimum absolute atomic E-state index is 0.588. The standard InChI is InChI=1S/C46H44Br2N4/c1-2-3-4-5-6-7-8-9-10-11-16-32-21-23-33(24-22-32)43-30-25-34(31-49-43)44-50-45(39-26-28-41(47)37-19-14-12-17-35(37)39)52-46(51-44)40-27-29-42(48)38-20-15-13-18-36(38)40/h12-15,17-31H,2-11,16H2,1H3. The van der Waals surface area contributed by atoms with Crippen molar-refractivity contribution in [2.45, 2.75) is 77.6 Å². The highest BCUT2D eigenvalue weighted by atomic mass is 79.9. The number of halogens is 2. The van der Waals surface area contributed by atoms with E-state index in [2.05, 4.69) is 148 Å². The molecule has 0 bridgehead atoms. The molecular formula is C46H44Br2N4. The van der Waals surface area contributed by atoms with E-state index in [1.807, 2.05) is 6.20 Å². The number of unbranched alkanes of at least 4 members (excludes halogenated alkanes) is 9. The van der Waals surface area contributed by atoms with Crippen LogP contribution in [0.5, 0.6) is 0 Å². The summed E-state index contributed by atoms with van der Waals surface area (Å²) in [6, 6.07) is 38.0. The molecule has 0 aliphatic heterocycles. The number of benzene rings is 5. The summed E-state index contributed by atoms with van der Waals surface area (Å²) in [5.74, 6) is 1.83. The Morgan fingerprint density at radius 1 is 0.442 bits per heavy atom. The first kappa shape index (κ1) is 36.1. The highest BCUT2D eigenvalue weighted by Crippen LogP contribution is 2.36. The van der Waals surface area contributed by atoms with E-state index in [0.29, 0.717) is 17.5 Å². The predicted molar refractivity (Wildman–Crippen MR) is 225 cm³/mol. The molecule has 0 saturated heterocycles. The van der Waals surface area contributed by atoms with Gasteiger partial charge < -0.3 is 0 Å². The van der Waals surface area contributed by atoms with Crippen LogP contribution in [0.2, 0.25) is 0 Å². The summed E-state index contributed by atoms with van der Waals surface area (Å²) in [6.45, 7) is 2.28. The van der Waals surface area contributed by atoms with Crippen molar-refractivity contribution in [1.29, 1.82) is 0 Å². The van der Waals surface area contributed by atoms with E-state index < -0.39 is 0 Å². The molecule has 0 spiro atoms. The molecule has 0 saturated carbocycles. The van der Waals surface area contributed by atoms with E-state index >= 15 is 0 Å². The van der Waals surface area contributed by atoms with Crippen molar-refractivity contribution in [3.8, 4) is 45.4 Å². The molecule has 0 radical (unpaired) electrons. The summed E-state index contributed by atoms with van der Waals surface area (Å²) in [6.07, 6.45) is 16.6. The summed E-state index contributed by atoms with van der Waals surface area (Å²) in [5.41, 5.74) is 6.18. The summed E-state index contributed by atoms with van der Waals surface area (Å²) in [7, 11) is 0. The van der Waals surface area contributed by atoms with Gasteiger partial charge in [0.1, 0.15) is 0 Å². The van der Waals surface area contributed by atoms with Crippen LogP contribution in [0, 0.1) is 0 Å². The third-order valence-electron chi connectivity index (χ3n) is 9.95. The fraction of sp³-hybridized carbons (Fsp3) is 0.261. The van der Waals surface area contributed by atoms with Crippen LogP contribution in [-0.2, 0) is 6.42 Å². The number of fused-ring (bicyclic) bond motifs is 2. The van der Waals surface area contributed by atoms with Gasteiger partial charge in [0, 0.05) is 37.4 Å². The zero-order valence-corrected chi connectivity index (χ0v) is 33.0. The second kappa shape index (κ2) is 17.5. The molecule has 7 aromatic rings. The molecule has 2 heterocycles. The zero-order chi connectivity index (χ0) is 35.7. The maximum absolute atomic E-state index is 5.11. The molecule has 0 aliphatic rings. The van der Waals surface area contributed by atoms with E-state index in [1.54, 1.807) is 0 Å². The van der Waals surface area contributed by atoms with E-state index in [1.165, 1.54) is 69.8 Å². The number of aryl methyl sites for hydroxylation is 1. The molecule has 5 aromatic carbocycles. The Hall–Kier alpha value is -4.26. The maximum Gasteiger partial charge on any atom is 0.165 e. The first-order chi connectivity index (χ1) is 25.6. The second-order valence-electron chi connectivity index (χ2n) is 13.6. The van der Waals surface area contributed by atoms with Crippen LogP contribution in [0.15, 0.2) is 124 Å². The van der Waals surface area contributed by atoms with Gasteiger partial charge in [-0.1, -0.05) is 169 Å². The molecule has 0 fully saturated rings. The highest BCUT2D eigenvalue weighted by Gasteiger charge is 2.17. The lowest BCUT2D eigenvalue weighted by molar-refractivity contribution is 0.556. The van der Waals surface area contributed by atoms with Crippen molar-refractivity contribution in [1.82, 2.24) is 19.9 Å². The summed E-state index contributed by atoms with van der Waals surface area (Å²) >= 11 is 7.46. The number of aromatic nitrogens is 4. The molecule has 0 aliphatic carbocycles. The molecule has 6 heteroatoms. The molecule has 0 N–H and O–H groups in total. The number of nitrogens with zero attached hydrogens (tertiary/aromatic N) is 4. The first-order valence-electron chi connectivity index (χ1n) is 18.8. The minimum atomic E-state index is 0.588. The van der Waals surface area contributed by atoms with Crippen LogP contribution in [-0.4, -0.2) is 19.9 Å². The second-order valence-corrected chi connectivity index (χ2v) is 15.4. The van der Waals surface area contributed by atoms with Crippen LogP contribution in [0.3, 0.4) is 0 Å². The van der Waals surface area contributed by atoms with Crippen LogP contribution < -0.4 is 0 Å². The van der Waals surface area contributed by atoms with Gasteiger partial charge in [-0.2, -0.15) is 0 Å². The Morgan fingerprint density at radius 2 is 0.923 bits per heavy atom. The lowest BCUT2D eigenvalue weighted by atomic mass is 10.0. The quantitative estimate of drug-likeness (QED) is 0.0968. The Bertz CT molecular complexity index is 2160. The van der Waals surface area contributed by atoms with Gasteiger partial charge in [-0.05, 0) is 76.3 Å². The topological polar surface area (TPSA) is 51.6 Å². The Labute approximate surface area is 324 Å². The van der Waals surface area contributed by atoms with Crippen molar-refractivity contribution in [3.05, 3.63) is 130 Å². The highest BCUT2D eigenvalue weighted by molar-refractivity contribution is 9.11. The van der Waals surface area contributed by atoms with Gasteiger partial charge in [0.05, 0.1) is 5.69 Å². The van der Waals surface area contributed by atoms with Crippen LogP contribution in [0.4, 0.5) is 0 Å². The molecule has 0 atom stereocenters. The van der Waals surface area contributed by atoms with Gasteiger partial charge in [-0.15, -0.1) is 0 Å². The lowest BCUT2D eigenvalue weighted by Gasteiger charge is -2.13. The van der Waals surface area contributed by atoms with Crippen molar-refractivity contribution in [3.63, 3.8) is 0 Å². The van der Waals surface area contributed by atoms with Crippen molar-refractivity contribution >= 4 is 53.4 Å². The first-order valence-corrected chi connectivity index (χ1v) is 20.3. The molecular weight excluding hydrogens is 768 g/mol. The van der Waals surface area contributed by atoms with Crippen LogP contribution in [0.25, 0.3) is 67.0 Å². The lowest BCUT2D eigenvalue weighted by Crippen LogP contribution is -2.01. The van der Waals surface area contributed by atoms with Crippen molar-refractivity contribution in [2.75, 3.05) is 0 Å². The van der Waals surface area contributed by atoms with E-state index in [0.717, 1.165) is 64.9 Å². The molecule has 0 amide bonds. The summed E-state index contributed by atoms with van der Waals surface area (Å²) < 4.78 is 2.07. The normalized spacial score (nSPS) is 11.4. The fourth-order valence-electron chi connectivity index (χ4n) is 7.02. The molecule has 2 aromatic heterocycles. The van der Waals surface area contributed by atoms with Crippen molar-refractivity contribution in [2.24, 2.45) is 0 Å². The predicted octanol–water partition coefficient (Wildman–Crippen LogP) is 14.2. The monoisotopic (exact) mass is 810 g/mol. The third-order valence-corrected chi connectivity index (χ3v) is 11.3. The number of hydrogen-bond acceptors (Lipinski definition) is 4. The van der Waals surface area contributed by atoms with E-state index in [-0.39, 0.29) is 0 Å². The minimum Gasteiger partial charge on any atom is -0.255 e. The molecule has 0 unspecified atom stereocenters. The van der Waals surface area contributed by atoms with Gasteiger partial charge in [-0.3, -0.25) is 4.98 Å². The average molecular weight is 813 g/mol. The van der Waals surface area contributed by atoms with Gasteiger partial charge in [0.15, 0.2) is 17.5 Å². The molecule has 7 rings (SSSR count). The molecule has 262 valence electrons. The van der Waals surface area contributed by atoms with E-state index in [4.69, 9.17) is 19.9 Å². The molecule has 52 heavy (non-hydrogen) atoms. The van der Waals surface area contributed by atoms with Gasteiger partial charge >= 0.3 is 0 Å². The zero-order valence-electron chi connectivity index (χ0n) is 29.8. The number of hydrogen-bond donors (Lipinski definition) is 0. The van der Waals surface area contributed by atoms with Crippen LogP contribution >= 0.6 is 31.9 Å². The van der Waals surface area contributed by atoms with Crippen molar-refractivity contribution < 1.29 is 0 Å². The number of rotatable bonds is 15. The Morgan fingerprint density at radius 3 is 1.44 bits per heavy atom. The smallest absolute Gasteiger partial charge is 0.165 e. The largest absolute Gasteiger partial charge is 0.255 e. The average Bonchev–Trinajstić information content (AvgIpc) is 3.19. The Kier molecular flexibility index (Phi) is 12.2. The fourth-order valence-corrected chi connectivity index (χ4v) is 7.97. The SMILES string of the molecule is CCCCCCCCCCCCc1ccc(-c2ccc(-c3nc(-c4ccc(Br)c5ccccc45)nc(-c4ccc(Br)c5ccccc45)n3)cn2)cc1. The summed E-state index contributed by atoms with van der Waals surface area (Å²) in [5, 5.41) is 4.37. The third kappa shape index (κ3) is 8.51.